The molecule has 3 rings (SSSR count). The highest BCUT2D eigenvalue weighted by atomic mass is 32.2. The van der Waals surface area contributed by atoms with Crippen LogP contribution < -0.4 is 10.2 Å². The molecule has 2 fully saturated rings. The Bertz CT molecular complexity index is 599. The molecular formula is C17H23FN4O2S. The summed E-state index contributed by atoms with van der Waals surface area (Å²) in [5, 5.41) is 2.73. The summed E-state index contributed by atoms with van der Waals surface area (Å²) in [5.74, 6) is 1.66. The minimum Gasteiger partial charge on any atom is -0.368 e. The average Bonchev–Trinajstić information content (AvgIpc) is 2.67. The van der Waals surface area contributed by atoms with Gasteiger partial charge in [0.25, 0.3) is 0 Å². The number of carbonyl (C=O) groups is 2. The van der Waals surface area contributed by atoms with Crippen LogP contribution in [0.2, 0.25) is 0 Å². The van der Waals surface area contributed by atoms with Crippen molar-refractivity contribution in [3.05, 3.63) is 30.1 Å². The number of piperazine rings is 1. The third-order valence-electron chi connectivity index (χ3n) is 4.51. The summed E-state index contributed by atoms with van der Waals surface area (Å²) in [4.78, 5) is 30.0. The average molecular weight is 366 g/mol. The van der Waals surface area contributed by atoms with Gasteiger partial charge in [-0.1, -0.05) is 0 Å². The molecule has 0 radical (unpaired) electrons. The predicted octanol–water partition coefficient (Wildman–Crippen LogP) is 1.23. The van der Waals surface area contributed by atoms with Crippen LogP contribution in [0.25, 0.3) is 0 Å². The maximum absolute atomic E-state index is 13.0. The Morgan fingerprint density at radius 1 is 0.960 bits per heavy atom. The SMILES string of the molecule is O=C(CNC(=O)N1CCN(c2ccc(F)cc2)CC1)N1CCSCC1. The highest BCUT2D eigenvalue weighted by Gasteiger charge is 2.23. The van der Waals surface area contributed by atoms with Crippen LogP contribution in [0.5, 0.6) is 0 Å². The molecule has 0 aromatic heterocycles. The summed E-state index contributed by atoms with van der Waals surface area (Å²) in [6.45, 7) is 4.12. The Hall–Kier alpha value is -1.96. The number of thioether (sulfide) groups is 1. The summed E-state index contributed by atoms with van der Waals surface area (Å²) >= 11 is 1.85. The van der Waals surface area contributed by atoms with Crippen molar-refractivity contribution in [1.29, 1.82) is 0 Å². The summed E-state index contributed by atoms with van der Waals surface area (Å²) in [7, 11) is 0. The van der Waals surface area contributed by atoms with Crippen molar-refractivity contribution in [3.8, 4) is 0 Å². The topological polar surface area (TPSA) is 55.9 Å². The van der Waals surface area contributed by atoms with Crippen LogP contribution in [0.15, 0.2) is 24.3 Å². The molecular weight excluding hydrogens is 343 g/mol. The number of carbonyl (C=O) groups excluding carboxylic acids is 2. The van der Waals surface area contributed by atoms with E-state index in [1.807, 2.05) is 16.7 Å². The number of halogens is 1. The molecule has 2 aliphatic heterocycles. The lowest BCUT2D eigenvalue weighted by molar-refractivity contribution is -0.129. The van der Waals surface area contributed by atoms with Crippen molar-refractivity contribution in [3.63, 3.8) is 0 Å². The molecule has 1 N–H and O–H groups in total. The molecule has 2 aliphatic rings. The van der Waals surface area contributed by atoms with E-state index in [1.165, 1.54) is 12.1 Å². The zero-order chi connectivity index (χ0) is 17.6. The molecule has 25 heavy (non-hydrogen) atoms. The first kappa shape index (κ1) is 17.8. The van der Waals surface area contributed by atoms with Crippen molar-refractivity contribution >= 4 is 29.4 Å². The summed E-state index contributed by atoms with van der Waals surface area (Å²) < 4.78 is 13.0. The third kappa shape index (κ3) is 4.78. The van der Waals surface area contributed by atoms with Crippen LogP contribution in [-0.2, 0) is 4.79 Å². The molecule has 0 spiro atoms. The maximum atomic E-state index is 13.0. The largest absolute Gasteiger partial charge is 0.368 e. The lowest BCUT2D eigenvalue weighted by Gasteiger charge is -2.36. The normalized spacial score (nSPS) is 18.2. The molecule has 0 atom stereocenters. The molecule has 0 saturated carbocycles. The number of hydrogen-bond donors (Lipinski definition) is 1. The van der Waals surface area contributed by atoms with Crippen molar-refractivity contribution in [1.82, 2.24) is 15.1 Å². The van der Waals surface area contributed by atoms with Gasteiger partial charge in [-0.2, -0.15) is 11.8 Å². The first-order valence-corrected chi connectivity index (χ1v) is 9.68. The number of benzene rings is 1. The smallest absolute Gasteiger partial charge is 0.317 e. The molecule has 6 nitrogen and oxygen atoms in total. The number of rotatable bonds is 3. The molecule has 136 valence electrons. The molecule has 2 heterocycles. The zero-order valence-electron chi connectivity index (χ0n) is 14.1. The minimum atomic E-state index is -0.251. The number of nitrogens with one attached hydrogen (secondary N) is 1. The van der Waals surface area contributed by atoms with E-state index < -0.39 is 0 Å². The highest BCUT2D eigenvalue weighted by Crippen LogP contribution is 2.17. The fourth-order valence-corrected chi connectivity index (χ4v) is 3.91. The van der Waals surface area contributed by atoms with Gasteiger partial charge in [-0.05, 0) is 24.3 Å². The maximum Gasteiger partial charge on any atom is 0.317 e. The van der Waals surface area contributed by atoms with Crippen LogP contribution in [0, 0.1) is 5.82 Å². The zero-order valence-corrected chi connectivity index (χ0v) is 14.9. The van der Waals surface area contributed by atoms with Crippen LogP contribution in [0.1, 0.15) is 0 Å². The van der Waals surface area contributed by atoms with Gasteiger partial charge in [0, 0.05) is 56.5 Å². The number of amides is 3. The fraction of sp³-hybridized carbons (Fsp3) is 0.529. The van der Waals surface area contributed by atoms with Gasteiger partial charge in [0.15, 0.2) is 0 Å². The Morgan fingerprint density at radius 3 is 2.24 bits per heavy atom. The second-order valence-corrected chi connectivity index (χ2v) is 7.33. The van der Waals surface area contributed by atoms with Crippen LogP contribution >= 0.6 is 11.8 Å². The Morgan fingerprint density at radius 2 is 1.60 bits per heavy atom. The second-order valence-electron chi connectivity index (χ2n) is 6.10. The van der Waals surface area contributed by atoms with Gasteiger partial charge in [0.2, 0.25) is 5.91 Å². The lowest BCUT2D eigenvalue weighted by atomic mass is 10.2. The molecule has 3 amide bonds. The Kier molecular flexibility index (Phi) is 6.01. The van der Waals surface area contributed by atoms with Gasteiger partial charge in [0.1, 0.15) is 5.82 Å². The number of anilines is 1. The van der Waals surface area contributed by atoms with E-state index in [0.717, 1.165) is 30.3 Å². The third-order valence-corrected chi connectivity index (χ3v) is 5.46. The molecule has 0 aliphatic carbocycles. The van der Waals surface area contributed by atoms with E-state index in [9.17, 15) is 14.0 Å². The molecule has 0 bridgehead atoms. The molecule has 1 aromatic rings. The molecule has 8 heteroatoms. The highest BCUT2D eigenvalue weighted by molar-refractivity contribution is 7.99. The molecule has 0 unspecified atom stereocenters. The summed E-state index contributed by atoms with van der Waals surface area (Å²) in [6, 6.07) is 6.19. The first-order valence-electron chi connectivity index (χ1n) is 8.52. The van der Waals surface area contributed by atoms with E-state index in [1.54, 1.807) is 17.0 Å². The number of hydrogen-bond acceptors (Lipinski definition) is 4. The van der Waals surface area contributed by atoms with E-state index >= 15 is 0 Å². The van der Waals surface area contributed by atoms with Gasteiger partial charge in [-0.3, -0.25) is 4.79 Å². The number of urea groups is 1. The second kappa shape index (κ2) is 8.42. The van der Waals surface area contributed by atoms with Crippen LogP contribution in [-0.4, -0.2) is 79.1 Å². The van der Waals surface area contributed by atoms with Crippen molar-refractivity contribution in [2.45, 2.75) is 0 Å². The van der Waals surface area contributed by atoms with E-state index in [2.05, 4.69) is 10.2 Å². The van der Waals surface area contributed by atoms with Crippen molar-refractivity contribution < 1.29 is 14.0 Å². The van der Waals surface area contributed by atoms with E-state index in [0.29, 0.717) is 26.2 Å². The summed E-state index contributed by atoms with van der Waals surface area (Å²) in [5.41, 5.74) is 0.958. The van der Waals surface area contributed by atoms with Crippen molar-refractivity contribution in [2.24, 2.45) is 0 Å². The monoisotopic (exact) mass is 366 g/mol. The van der Waals surface area contributed by atoms with Crippen molar-refractivity contribution in [2.75, 3.05) is 62.2 Å². The fourth-order valence-electron chi connectivity index (χ4n) is 3.01. The van der Waals surface area contributed by atoms with E-state index in [4.69, 9.17) is 0 Å². The Labute approximate surface area is 151 Å². The van der Waals surface area contributed by atoms with Crippen LogP contribution in [0.3, 0.4) is 0 Å². The van der Waals surface area contributed by atoms with Gasteiger partial charge in [-0.25, -0.2) is 9.18 Å². The van der Waals surface area contributed by atoms with Gasteiger partial charge in [-0.15, -0.1) is 0 Å². The quantitative estimate of drug-likeness (QED) is 0.874. The standard InChI is InChI=1S/C17H23FN4O2S/c18-14-1-3-15(4-2-14)20-5-7-22(8-6-20)17(24)19-13-16(23)21-9-11-25-12-10-21/h1-4H,5-13H2,(H,19,24). The van der Waals surface area contributed by atoms with E-state index in [-0.39, 0.29) is 24.3 Å². The lowest BCUT2D eigenvalue weighted by Crippen LogP contribution is -2.53. The molecule has 1 aromatic carbocycles. The summed E-state index contributed by atoms with van der Waals surface area (Å²) in [6.07, 6.45) is 0. The minimum absolute atomic E-state index is 0.0152. The van der Waals surface area contributed by atoms with Gasteiger partial charge < -0.3 is 20.0 Å². The molecule has 2 saturated heterocycles. The number of nitrogens with zero attached hydrogens (tertiary/aromatic N) is 3. The predicted molar refractivity (Wildman–Crippen MR) is 97.5 cm³/mol. The van der Waals surface area contributed by atoms with Gasteiger partial charge in [0.05, 0.1) is 6.54 Å². The van der Waals surface area contributed by atoms with Crippen LogP contribution in [0.4, 0.5) is 14.9 Å². The van der Waals surface area contributed by atoms with Gasteiger partial charge >= 0.3 is 6.03 Å². The first-order chi connectivity index (χ1) is 12.1. The Balaban J connectivity index is 1.42.